The topological polar surface area (TPSA) is 38.3 Å². The molecule has 0 saturated carbocycles. The molecule has 1 N–H and O–H groups in total. The highest BCUT2D eigenvalue weighted by atomic mass is 79.9. The monoisotopic (exact) mass is 477 g/mol. The van der Waals surface area contributed by atoms with E-state index in [1.165, 1.54) is 31.4 Å². The summed E-state index contributed by atoms with van der Waals surface area (Å²) in [4.78, 5) is 12.0. The van der Waals surface area contributed by atoms with Crippen LogP contribution in [-0.2, 0) is 11.0 Å². The summed E-state index contributed by atoms with van der Waals surface area (Å²) in [6.07, 6.45) is -1.74. The SMILES string of the molecule is COc1c(Br)cc(Br)cc1C=CC(=O)Nc1cccc(C(F)(F)F)c1. The third-order valence-electron chi connectivity index (χ3n) is 3.11. The number of anilines is 1. The first-order valence-corrected chi connectivity index (χ1v) is 8.48. The molecule has 2 aromatic rings. The second-order valence-corrected chi connectivity index (χ2v) is 6.68. The standard InChI is InChI=1S/C17H12Br2F3NO2/c1-25-16-10(7-12(18)9-14(16)19)5-6-15(24)23-13-4-2-3-11(8-13)17(20,21)22/h2-9H,1H3,(H,23,24). The Bertz CT molecular complexity index is 820. The highest BCUT2D eigenvalue weighted by Gasteiger charge is 2.30. The van der Waals surface area contributed by atoms with Crippen molar-refractivity contribution >= 4 is 49.5 Å². The predicted molar refractivity (Wildman–Crippen MR) is 97.5 cm³/mol. The van der Waals surface area contributed by atoms with Crippen molar-refractivity contribution in [1.29, 1.82) is 0 Å². The van der Waals surface area contributed by atoms with E-state index in [-0.39, 0.29) is 5.69 Å². The lowest BCUT2D eigenvalue weighted by Gasteiger charge is -2.09. The molecule has 0 fully saturated rings. The zero-order valence-electron chi connectivity index (χ0n) is 12.8. The van der Waals surface area contributed by atoms with E-state index in [1.54, 1.807) is 12.1 Å². The summed E-state index contributed by atoms with van der Waals surface area (Å²) in [6, 6.07) is 7.97. The Hall–Kier alpha value is -1.80. The van der Waals surface area contributed by atoms with E-state index in [1.807, 2.05) is 0 Å². The van der Waals surface area contributed by atoms with Gasteiger partial charge in [0.1, 0.15) is 5.75 Å². The van der Waals surface area contributed by atoms with Gasteiger partial charge in [0.05, 0.1) is 17.1 Å². The van der Waals surface area contributed by atoms with E-state index in [2.05, 4.69) is 37.2 Å². The summed E-state index contributed by atoms with van der Waals surface area (Å²) in [5.41, 5.74) is -0.137. The van der Waals surface area contributed by atoms with Crippen molar-refractivity contribution in [3.63, 3.8) is 0 Å². The first kappa shape index (κ1) is 19.5. The predicted octanol–water partition coefficient (Wildman–Crippen LogP) is 5.89. The molecule has 0 radical (unpaired) electrons. The van der Waals surface area contributed by atoms with E-state index in [9.17, 15) is 18.0 Å². The fourth-order valence-corrected chi connectivity index (χ4v) is 3.46. The van der Waals surface area contributed by atoms with Crippen LogP contribution in [0, 0.1) is 0 Å². The maximum atomic E-state index is 12.7. The molecule has 0 aliphatic rings. The smallest absolute Gasteiger partial charge is 0.416 e. The van der Waals surface area contributed by atoms with Gasteiger partial charge in [-0.15, -0.1) is 0 Å². The number of hydrogen-bond acceptors (Lipinski definition) is 2. The lowest BCUT2D eigenvalue weighted by atomic mass is 10.1. The number of nitrogens with one attached hydrogen (secondary N) is 1. The van der Waals surface area contributed by atoms with Gasteiger partial charge in [0.15, 0.2) is 0 Å². The van der Waals surface area contributed by atoms with Crippen molar-refractivity contribution in [3.8, 4) is 5.75 Å². The maximum absolute atomic E-state index is 12.7. The Balaban J connectivity index is 2.17. The molecule has 0 saturated heterocycles. The van der Waals surface area contributed by atoms with Crippen molar-refractivity contribution < 1.29 is 22.7 Å². The van der Waals surface area contributed by atoms with Crippen LogP contribution in [0.4, 0.5) is 18.9 Å². The van der Waals surface area contributed by atoms with Crippen LogP contribution >= 0.6 is 31.9 Å². The van der Waals surface area contributed by atoms with E-state index in [4.69, 9.17) is 4.74 Å². The van der Waals surface area contributed by atoms with Crippen molar-refractivity contribution in [3.05, 3.63) is 62.5 Å². The van der Waals surface area contributed by atoms with Gasteiger partial charge < -0.3 is 10.1 Å². The number of halogens is 5. The van der Waals surface area contributed by atoms with Crippen LogP contribution in [0.1, 0.15) is 11.1 Å². The Kier molecular flexibility index (Phi) is 6.29. The van der Waals surface area contributed by atoms with E-state index in [0.29, 0.717) is 15.8 Å². The molecule has 1 amide bonds. The van der Waals surface area contributed by atoms with Gasteiger partial charge in [0.25, 0.3) is 0 Å². The van der Waals surface area contributed by atoms with Crippen LogP contribution in [0.15, 0.2) is 51.4 Å². The molecule has 2 rings (SSSR count). The van der Waals surface area contributed by atoms with Crippen LogP contribution in [-0.4, -0.2) is 13.0 Å². The highest BCUT2D eigenvalue weighted by molar-refractivity contribution is 9.11. The largest absolute Gasteiger partial charge is 0.495 e. The molecule has 0 spiro atoms. The number of rotatable bonds is 4. The number of ether oxygens (including phenoxy) is 1. The summed E-state index contributed by atoms with van der Waals surface area (Å²) in [7, 11) is 1.49. The van der Waals surface area contributed by atoms with E-state index < -0.39 is 17.6 Å². The highest BCUT2D eigenvalue weighted by Crippen LogP contribution is 2.33. The first-order chi connectivity index (χ1) is 11.7. The normalized spacial score (nSPS) is 11.6. The molecule has 25 heavy (non-hydrogen) atoms. The zero-order chi connectivity index (χ0) is 18.6. The van der Waals surface area contributed by atoms with Crippen molar-refractivity contribution in [1.82, 2.24) is 0 Å². The van der Waals surface area contributed by atoms with Gasteiger partial charge in [0.2, 0.25) is 5.91 Å². The van der Waals surface area contributed by atoms with Gasteiger partial charge >= 0.3 is 6.18 Å². The molecule has 0 aromatic heterocycles. The molecular formula is C17H12Br2F3NO2. The molecule has 3 nitrogen and oxygen atoms in total. The summed E-state index contributed by atoms with van der Waals surface area (Å²) in [6.45, 7) is 0. The molecule has 0 bridgehead atoms. The fourth-order valence-electron chi connectivity index (χ4n) is 2.04. The summed E-state index contributed by atoms with van der Waals surface area (Å²) < 4.78 is 44.8. The molecule has 0 aliphatic carbocycles. The van der Waals surface area contributed by atoms with Crippen molar-refractivity contribution in [2.75, 3.05) is 12.4 Å². The average molecular weight is 479 g/mol. The number of hydrogen-bond donors (Lipinski definition) is 1. The second kappa shape index (κ2) is 8.05. The van der Waals surface area contributed by atoms with Gasteiger partial charge in [-0.05, 0) is 52.3 Å². The molecule has 8 heteroatoms. The van der Waals surface area contributed by atoms with Gasteiger partial charge in [-0.1, -0.05) is 22.0 Å². The van der Waals surface area contributed by atoms with Gasteiger partial charge in [-0.25, -0.2) is 0 Å². The van der Waals surface area contributed by atoms with Gasteiger partial charge in [-0.3, -0.25) is 4.79 Å². The minimum absolute atomic E-state index is 0.0619. The minimum Gasteiger partial charge on any atom is -0.495 e. The molecule has 0 unspecified atom stereocenters. The third kappa shape index (κ3) is 5.34. The number of methoxy groups -OCH3 is 1. The minimum atomic E-state index is -4.47. The van der Waals surface area contributed by atoms with Crippen molar-refractivity contribution in [2.45, 2.75) is 6.18 Å². The molecule has 2 aromatic carbocycles. The number of carbonyl (C=O) groups excluding carboxylic acids is 1. The van der Waals surface area contributed by atoms with Crippen LogP contribution in [0.3, 0.4) is 0 Å². The Morgan fingerprint density at radius 1 is 1.20 bits per heavy atom. The number of alkyl halides is 3. The second-order valence-electron chi connectivity index (χ2n) is 4.91. The lowest BCUT2D eigenvalue weighted by molar-refractivity contribution is -0.137. The average Bonchev–Trinajstić information content (AvgIpc) is 2.52. The van der Waals surface area contributed by atoms with E-state index >= 15 is 0 Å². The molecule has 132 valence electrons. The van der Waals surface area contributed by atoms with Gasteiger partial charge in [-0.2, -0.15) is 13.2 Å². The summed E-state index contributed by atoms with van der Waals surface area (Å²) in [5, 5.41) is 2.40. The summed E-state index contributed by atoms with van der Waals surface area (Å²) in [5.74, 6) is -0.0243. The maximum Gasteiger partial charge on any atom is 0.416 e. The van der Waals surface area contributed by atoms with E-state index in [0.717, 1.165) is 16.6 Å². The fraction of sp³-hybridized carbons (Fsp3) is 0.118. The Labute approximate surface area is 159 Å². The first-order valence-electron chi connectivity index (χ1n) is 6.90. The molecule has 0 aliphatic heterocycles. The molecular weight excluding hydrogens is 467 g/mol. The Morgan fingerprint density at radius 3 is 2.56 bits per heavy atom. The van der Waals surface area contributed by atoms with Crippen LogP contribution in [0.2, 0.25) is 0 Å². The number of benzene rings is 2. The molecule has 0 atom stereocenters. The van der Waals surface area contributed by atoms with Gasteiger partial charge in [0, 0.05) is 21.8 Å². The van der Waals surface area contributed by atoms with Crippen LogP contribution in [0.25, 0.3) is 6.08 Å². The quantitative estimate of drug-likeness (QED) is 0.556. The van der Waals surface area contributed by atoms with Crippen LogP contribution in [0.5, 0.6) is 5.75 Å². The summed E-state index contributed by atoms with van der Waals surface area (Å²) >= 11 is 6.69. The third-order valence-corrected chi connectivity index (χ3v) is 4.16. The lowest BCUT2D eigenvalue weighted by Crippen LogP contribution is -2.10. The van der Waals surface area contributed by atoms with Crippen molar-refractivity contribution in [2.24, 2.45) is 0 Å². The number of amides is 1. The number of carbonyl (C=O) groups is 1. The Morgan fingerprint density at radius 2 is 1.92 bits per heavy atom. The molecule has 0 heterocycles. The van der Waals surface area contributed by atoms with Crippen LogP contribution < -0.4 is 10.1 Å². The zero-order valence-corrected chi connectivity index (χ0v) is 16.0.